The zero-order chi connectivity index (χ0) is 13.3. The summed E-state index contributed by atoms with van der Waals surface area (Å²) in [7, 11) is -2.92. The van der Waals surface area contributed by atoms with E-state index in [-0.39, 0.29) is 34.9 Å². The first kappa shape index (κ1) is 18.2. The van der Waals surface area contributed by atoms with Gasteiger partial charge in [0, 0.05) is 19.1 Å². The summed E-state index contributed by atoms with van der Waals surface area (Å²) < 4.78 is 23.5. The Morgan fingerprint density at radius 2 is 1.94 bits per heavy atom. The summed E-state index contributed by atoms with van der Waals surface area (Å²) in [5, 5.41) is -0.275. The van der Waals surface area contributed by atoms with E-state index in [4.69, 9.17) is 5.73 Å². The van der Waals surface area contributed by atoms with Crippen LogP contribution in [0.5, 0.6) is 0 Å². The first-order valence-electron chi connectivity index (χ1n) is 6.34. The minimum absolute atomic E-state index is 0. The van der Waals surface area contributed by atoms with Gasteiger partial charge in [-0.25, -0.2) is 8.42 Å². The molecule has 0 bridgehead atoms. The summed E-state index contributed by atoms with van der Waals surface area (Å²) >= 11 is 0. The molecule has 1 heterocycles. The summed E-state index contributed by atoms with van der Waals surface area (Å²) in [6.45, 7) is 10.2. The van der Waals surface area contributed by atoms with E-state index in [0.717, 1.165) is 19.5 Å². The highest BCUT2D eigenvalue weighted by molar-refractivity contribution is 7.92. The average Bonchev–Trinajstić information content (AvgIpc) is 2.19. The number of nitrogens with zero attached hydrogens (tertiary/aromatic N) is 1. The Morgan fingerprint density at radius 3 is 2.39 bits per heavy atom. The van der Waals surface area contributed by atoms with Gasteiger partial charge in [0.25, 0.3) is 0 Å². The molecule has 0 aromatic rings. The highest BCUT2D eigenvalue weighted by Gasteiger charge is 2.33. The molecule has 2 N–H and O–H groups in total. The van der Waals surface area contributed by atoms with Gasteiger partial charge in [0.15, 0.2) is 9.84 Å². The number of hydrogen-bond donors (Lipinski definition) is 1. The van der Waals surface area contributed by atoms with Crippen molar-refractivity contribution in [2.24, 2.45) is 11.1 Å². The predicted molar refractivity (Wildman–Crippen MR) is 79.0 cm³/mol. The lowest BCUT2D eigenvalue weighted by Crippen LogP contribution is -2.53. The summed E-state index contributed by atoms with van der Waals surface area (Å²) in [4.78, 5) is 2.23. The Hall–Kier alpha value is 0.160. The molecule has 0 aliphatic carbocycles. The molecule has 0 spiro atoms. The van der Waals surface area contributed by atoms with Crippen LogP contribution in [-0.2, 0) is 9.84 Å². The van der Waals surface area contributed by atoms with Gasteiger partial charge < -0.3 is 10.6 Å². The average molecular weight is 299 g/mol. The van der Waals surface area contributed by atoms with E-state index >= 15 is 0 Å². The first-order chi connectivity index (χ1) is 7.65. The van der Waals surface area contributed by atoms with E-state index in [1.807, 2.05) is 0 Å². The van der Waals surface area contributed by atoms with Crippen molar-refractivity contribution >= 4 is 22.2 Å². The molecular weight excluding hydrogens is 272 g/mol. The Labute approximate surface area is 118 Å². The monoisotopic (exact) mass is 298 g/mol. The molecule has 0 amide bonds. The lowest BCUT2D eigenvalue weighted by molar-refractivity contribution is 0.101. The third-order valence-electron chi connectivity index (χ3n) is 3.80. The molecule has 1 atom stereocenters. The Kier molecular flexibility index (Phi) is 6.61. The van der Waals surface area contributed by atoms with Gasteiger partial charge in [-0.2, -0.15) is 0 Å². The van der Waals surface area contributed by atoms with Crippen LogP contribution in [-0.4, -0.2) is 50.0 Å². The number of hydrogen-bond acceptors (Lipinski definition) is 4. The molecule has 1 fully saturated rings. The topological polar surface area (TPSA) is 63.4 Å². The van der Waals surface area contributed by atoms with Crippen LogP contribution in [0.4, 0.5) is 0 Å². The second kappa shape index (κ2) is 6.55. The van der Waals surface area contributed by atoms with Gasteiger partial charge in [0.2, 0.25) is 0 Å². The van der Waals surface area contributed by atoms with Crippen molar-refractivity contribution in [3.63, 3.8) is 0 Å². The highest BCUT2D eigenvalue weighted by atomic mass is 35.5. The third kappa shape index (κ3) is 4.68. The smallest absolute Gasteiger partial charge is 0.153 e. The Bertz CT molecular complexity index is 355. The lowest BCUT2D eigenvalue weighted by atomic mass is 9.80. The van der Waals surface area contributed by atoms with Crippen LogP contribution >= 0.6 is 12.4 Å². The fourth-order valence-electron chi connectivity index (χ4n) is 2.17. The van der Waals surface area contributed by atoms with Crippen LogP contribution in [0.25, 0.3) is 0 Å². The fourth-order valence-corrected chi connectivity index (χ4v) is 3.15. The van der Waals surface area contributed by atoms with Gasteiger partial charge >= 0.3 is 0 Å². The molecule has 1 aliphatic heterocycles. The summed E-state index contributed by atoms with van der Waals surface area (Å²) in [6, 6.07) is 0.223. The predicted octanol–water partition coefficient (Wildman–Crippen LogP) is 1.29. The fraction of sp³-hybridized carbons (Fsp3) is 1.00. The second-order valence-corrected chi connectivity index (χ2v) is 8.75. The third-order valence-corrected chi connectivity index (χ3v) is 5.99. The molecule has 0 aromatic heterocycles. The molecule has 1 saturated heterocycles. The quantitative estimate of drug-likeness (QED) is 0.849. The van der Waals surface area contributed by atoms with Crippen LogP contribution in [0.2, 0.25) is 0 Å². The van der Waals surface area contributed by atoms with Gasteiger partial charge in [-0.05, 0) is 32.2 Å². The van der Waals surface area contributed by atoms with E-state index in [2.05, 4.69) is 18.7 Å². The largest absolute Gasteiger partial charge is 0.327 e. The molecule has 6 heteroatoms. The van der Waals surface area contributed by atoms with E-state index < -0.39 is 9.84 Å². The van der Waals surface area contributed by atoms with Crippen LogP contribution in [0.3, 0.4) is 0 Å². The second-order valence-electron chi connectivity index (χ2n) is 6.08. The Morgan fingerprint density at radius 1 is 1.39 bits per heavy atom. The SMILES string of the molecule is CC(C)S(=O)(=O)CCN1CCC(N)C(C)(C)C1.Cl. The molecule has 0 saturated carbocycles. The Balaban J connectivity index is 0.00000289. The van der Waals surface area contributed by atoms with Crippen LogP contribution < -0.4 is 5.73 Å². The number of rotatable bonds is 4. The molecular formula is C12H27ClN2O2S. The molecule has 1 rings (SSSR count). The zero-order valence-electron chi connectivity index (χ0n) is 11.8. The molecule has 110 valence electrons. The van der Waals surface area contributed by atoms with Crippen molar-refractivity contribution in [1.82, 2.24) is 4.90 Å². The zero-order valence-corrected chi connectivity index (χ0v) is 13.5. The van der Waals surface area contributed by atoms with E-state index in [9.17, 15) is 8.42 Å². The molecule has 18 heavy (non-hydrogen) atoms. The van der Waals surface area contributed by atoms with Gasteiger partial charge in [-0.1, -0.05) is 13.8 Å². The van der Waals surface area contributed by atoms with Crippen LogP contribution in [0, 0.1) is 5.41 Å². The molecule has 1 unspecified atom stereocenters. The minimum atomic E-state index is -2.92. The summed E-state index contributed by atoms with van der Waals surface area (Å²) in [6.07, 6.45) is 0.953. The van der Waals surface area contributed by atoms with Crippen LogP contribution in [0.1, 0.15) is 34.1 Å². The number of halogens is 1. The highest BCUT2D eigenvalue weighted by Crippen LogP contribution is 2.27. The molecule has 1 aliphatic rings. The molecule has 0 radical (unpaired) electrons. The maximum absolute atomic E-state index is 11.7. The maximum Gasteiger partial charge on any atom is 0.153 e. The van der Waals surface area contributed by atoms with Gasteiger partial charge in [0.05, 0.1) is 11.0 Å². The molecule has 4 nitrogen and oxygen atoms in total. The van der Waals surface area contributed by atoms with Crippen molar-refractivity contribution in [1.29, 1.82) is 0 Å². The lowest BCUT2D eigenvalue weighted by Gasteiger charge is -2.42. The standard InChI is InChI=1S/C12H26N2O2S.ClH/c1-10(2)17(15,16)8-7-14-6-5-11(13)12(3,4)9-14;/h10-11H,5-9,13H2,1-4H3;1H. The number of nitrogens with two attached hydrogens (primary N) is 1. The van der Waals surface area contributed by atoms with E-state index in [1.165, 1.54) is 0 Å². The summed E-state index contributed by atoms with van der Waals surface area (Å²) in [5.74, 6) is 0.260. The van der Waals surface area contributed by atoms with Crippen LogP contribution in [0.15, 0.2) is 0 Å². The van der Waals surface area contributed by atoms with E-state index in [0.29, 0.717) is 6.54 Å². The normalized spacial score (nSPS) is 24.9. The molecule has 0 aromatic carbocycles. The van der Waals surface area contributed by atoms with Gasteiger partial charge in [0.1, 0.15) is 0 Å². The van der Waals surface area contributed by atoms with Crippen molar-refractivity contribution in [3.05, 3.63) is 0 Å². The van der Waals surface area contributed by atoms with Crippen molar-refractivity contribution in [2.75, 3.05) is 25.4 Å². The van der Waals surface area contributed by atoms with Crippen molar-refractivity contribution in [2.45, 2.75) is 45.4 Å². The maximum atomic E-state index is 11.7. The number of sulfone groups is 1. The van der Waals surface area contributed by atoms with E-state index in [1.54, 1.807) is 13.8 Å². The number of piperidine rings is 1. The van der Waals surface area contributed by atoms with Gasteiger partial charge in [-0.15, -0.1) is 12.4 Å². The number of likely N-dealkylation sites (tertiary alicyclic amines) is 1. The van der Waals surface area contributed by atoms with Gasteiger partial charge in [-0.3, -0.25) is 0 Å². The minimum Gasteiger partial charge on any atom is -0.327 e. The van der Waals surface area contributed by atoms with Crippen molar-refractivity contribution in [3.8, 4) is 0 Å². The first-order valence-corrected chi connectivity index (χ1v) is 8.06. The summed E-state index contributed by atoms with van der Waals surface area (Å²) in [5.41, 5.74) is 6.14. The van der Waals surface area contributed by atoms with Crippen molar-refractivity contribution < 1.29 is 8.42 Å².